The topological polar surface area (TPSA) is 93.2 Å². The van der Waals surface area contributed by atoms with Crippen molar-refractivity contribution in [3.63, 3.8) is 0 Å². The maximum absolute atomic E-state index is 13.1. The van der Waals surface area contributed by atoms with E-state index in [2.05, 4.69) is 20.0 Å². The van der Waals surface area contributed by atoms with E-state index in [0.717, 1.165) is 31.6 Å². The molecule has 2 aromatic carbocycles. The van der Waals surface area contributed by atoms with Crippen molar-refractivity contribution in [1.82, 2.24) is 9.97 Å². The summed E-state index contributed by atoms with van der Waals surface area (Å²) in [4.78, 5) is 8.87. The Bertz CT molecular complexity index is 1080. The number of ether oxygens (including phenoxy) is 1. The van der Waals surface area contributed by atoms with E-state index in [-0.39, 0.29) is 16.8 Å². The fraction of sp³-hybridized carbons (Fsp3) is 0.263. The molecule has 0 unspecified atom stereocenters. The number of halogens is 1. The standard InChI is InChI=1S/C19H19FN4O3S/c20-13-7-9-15(10-8-13)28(25,26)24-19-18(21-12-14-4-3-11-27-14)22-16-5-1-2-6-17(16)23-19/h1-2,5-10,14H,3-4,11-12H2,(H,21,22)(H,23,24)/t14-/m1/s1. The molecule has 2 heterocycles. The van der Waals surface area contributed by atoms with Gasteiger partial charge in [-0.2, -0.15) is 0 Å². The minimum atomic E-state index is -3.95. The normalized spacial score (nSPS) is 17.0. The quantitative estimate of drug-likeness (QED) is 0.658. The number of benzene rings is 2. The minimum absolute atomic E-state index is 0.0508. The van der Waals surface area contributed by atoms with E-state index < -0.39 is 15.8 Å². The number of fused-ring (bicyclic) bond motifs is 1. The number of hydrogen-bond donors (Lipinski definition) is 2. The zero-order valence-corrected chi connectivity index (χ0v) is 15.7. The Morgan fingerprint density at radius 2 is 1.71 bits per heavy atom. The van der Waals surface area contributed by atoms with Crippen LogP contribution in [-0.2, 0) is 14.8 Å². The lowest BCUT2D eigenvalue weighted by Gasteiger charge is -2.16. The molecule has 146 valence electrons. The van der Waals surface area contributed by atoms with E-state index in [9.17, 15) is 12.8 Å². The van der Waals surface area contributed by atoms with Crippen LogP contribution in [0.15, 0.2) is 53.4 Å². The third-order valence-electron chi connectivity index (χ3n) is 4.45. The van der Waals surface area contributed by atoms with Crippen molar-refractivity contribution in [3.8, 4) is 0 Å². The Morgan fingerprint density at radius 3 is 2.36 bits per heavy atom. The third-order valence-corrected chi connectivity index (χ3v) is 5.80. The van der Waals surface area contributed by atoms with Crippen LogP contribution in [0.2, 0.25) is 0 Å². The second-order valence-corrected chi connectivity index (χ2v) is 8.17. The van der Waals surface area contributed by atoms with Crippen LogP contribution in [0.3, 0.4) is 0 Å². The van der Waals surface area contributed by atoms with Crippen molar-refractivity contribution in [2.45, 2.75) is 23.8 Å². The maximum Gasteiger partial charge on any atom is 0.263 e. The molecule has 2 N–H and O–H groups in total. The predicted octanol–water partition coefficient (Wildman–Crippen LogP) is 3.16. The molecule has 0 radical (unpaired) electrons. The Labute approximate surface area is 162 Å². The minimum Gasteiger partial charge on any atom is -0.376 e. The van der Waals surface area contributed by atoms with Crippen molar-refractivity contribution in [2.75, 3.05) is 23.2 Å². The molecule has 4 rings (SSSR count). The van der Waals surface area contributed by atoms with Gasteiger partial charge < -0.3 is 10.1 Å². The molecule has 28 heavy (non-hydrogen) atoms. The molecule has 0 amide bonds. The molecule has 0 bridgehead atoms. The molecule has 1 aliphatic rings. The molecule has 1 fully saturated rings. The number of rotatable bonds is 6. The van der Waals surface area contributed by atoms with Crippen LogP contribution >= 0.6 is 0 Å². The lowest BCUT2D eigenvalue weighted by molar-refractivity contribution is 0.120. The van der Waals surface area contributed by atoms with Gasteiger partial charge in [0.25, 0.3) is 10.0 Å². The highest BCUT2D eigenvalue weighted by Gasteiger charge is 2.21. The summed E-state index contributed by atoms with van der Waals surface area (Å²) in [6.45, 7) is 1.22. The second kappa shape index (κ2) is 7.69. The molecule has 9 heteroatoms. The molecular formula is C19H19FN4O3S. The number of anilines is 2. The van der Waals surface area contributed by atoms with Crippen LogP contribution in [0, 0.1) is 5.82 Å². The zero-order valence-electron chi connectivity index (χ0n) is 14.9. The van der Waals surface area contributed by atoms with Gasteiger partial charge in [0.2, 0.25) is 0 Å². The monoisotopic (exact) mass is 402 g/mol. The lowest BCUT2D eigenvalue weighted by Crippen LogP contribution is -2.21. The summed E-state index contributed by atoms with van der Waals surface area (Å²) in [7, 11) is -3.95. The highest BCUT2D eigenvalue weighted by molar-refractivity contribution is 7.92. The van der Waals surface area contributed by atoms with Gasteiger partial charge >= 0.3 is 0 Å². The van der Waals surface area contributed by atoms with Crippen LogP contribution in [0.1, 0.15) is 12.8 Å². The van der Waals surface area contributed by atoms with Crippen molar-refractivity contribution >= 4 is 32.7 Å². The molecule has 1 aromatic heterocycles. The summed E-state index contributed by atoms with van der Waals surface area (Å²) >= 11 is 0. The highest BCUT2D eigenvalue weighted by Crippen LogP contribution is 2.25. The average molecular weight is 402 g/mol. The van der Waals surface area contributed by atoms with Crippen LogP contribution < -0.4 is 10.0 Å². The summed E-state index contributed by atoms with van der Waals surface area (Å²) < 4.78 is 46.6. The highest BCUT2D eigenvalue weighted by atomic mass is 32.2. The van der Waals surface area contributed by atoms with Crippen molar-refractivity contribution in [3.05, 3.63) is 54.3 Å². The molecule has 1 saturated heterocycles. The Kier molecular flexibility index (Phi) is 5.10. The largest absolute Gasteiger partial charge is 0.376 e. The van der Waals surface area contributed by atoms with Crippen molar-refractivity contribution in [2.24, 2.45) is 0 Å². The Hall–Kier alpha value is -2.78. The van der Waals surface area contributed by atoms with Gasteiger partial charge in [0.05, 0.1) is 22.0 Å². The Balaban J connectivity index is 1.67. The first-order valence-corrected chi connectivity index (χ1v) is 10.4. The average Bonchev–Trinajstić information content (AvgIpc) is 3.20. The number of hydrogen-bond acceptors (Lipinski definition) is 6. The molecule has 0 saturated carbocycles. The van der Waals surface area contributed by atoms with Gasteiger partial charge in [-0.05, 0) is 49.2 Å². The fourth-order valence-electron chi connectivity index (χ4n) is 3.01. The van der Waals surface area contributed by atoms with Gasteiger partial charge in [0, 0.05) is 13.2 Å². The van der Waals surface area contributed by atoms with E-state index in [1.165, 1.54) is 12.1 Å². The molecule has 1 atom stereocenters. The number of nitrogens with zero attached hydrogens (tertiary/aromatic N) is 2. The Morgan fingerprint density at radius 1 is 1.04 bits per heavy atom. The van der Waals surface area contributed by atoms with E-state index in [0.29, 0.717) is 23.4 Å². The number of nitrogens with one attached hydrogen (secondary N) is 2. The number of sulfonamides is 1. The van der Waals surface area contributed by atoms with Crippen molar-refractivity contribution < 1.29 is 17.5 Å². The van der Waals surface area contributed by atoms with Crippen LogP contribution in [0.5, 0.6) is 0 Å². The van der Waals surface area contributed by atoms with Crippen LogP contribution in [0.25, 0.3) is 11.0 Å². The summed E-state index contributed by atoms with van der Waals surface area (Å²) in [6.07, 6.45) is 1.99. The predicted molar refractivity (Wildman–Crippen MR) is 104 cm³/mol. The number of para-hydroxylation sites is 2. The molecule has 7 nitrogen and oxygen atoms in total. The summed E-state index contributed by atoms with van der Waals surface area (Å²) in [5, 5.41) is 3.14. The smallest absolute Gasteiger partial charge is 0.263 e. The molecule has 3 aromatic rings. The van der Waals surface area contributed by atoms with E-state index >= 15 is 0 Å². The first kappa shape index (κ1) is 18.6. The van der Waals surface area contributed by atoms with E-state index in [1.807, 2.05) is 6.07 Å². The van der Waals surface area contributed by atoms with Crippen molar-refractivity contribution in [1.29, 1.82) is 0 Å². The van der Waals surface area contributed by atoms with E-state index in [4.69, 9.17) is 4.74 Å². The second-order valence-electron chi connectivity index (χ2n) is 6.48. The zero-order chi connectivity index (χ0) is 19.6. The molecule has 1 aliphatic heterocycles. The summed E-state index contributed by atoms with van der Waals surface area (Å²) in [6, 6.07) is 11.8. The first-order valence-electron chi connectivity index (χ1n) is 8.92. The van der Waals surface area contributed by atoms with Crippen LogP contribution in [-0.4, -0.2) is 37.6 Å². The van der Waals surface area contributed by atoms with Gasteiger partial charge in [0.1, 0.15) is 5.82 Å². The van der Waals surface area contributed by atoms with Gasteiger partial charge in [-0.15, -0.1) is 0 Å². The fourth-order valence-corrected chi connectivity index (χ4v) is 4.02. The first-order chi connectivity index (χ1) is 13.5. The summed E-state index contributed by atoms with van der Waals surface area (Å²) in [5.74, 6) is -0.107. The SMILES string of the molecule is O=S(=O)(Nc1nc2ccccc2nc1NC[C@H]1CCCO1)c1ccc(F)cc1. The lowest BCUT2D eigenvalue weighted by atomic mass is 10.2. The number of aromatic nitrogens is 2. The van der Waals surface area contributed by atoms with Crippen LogP contribution in [0.4, 0.5) is 16.0 Å². The van der Waals surface area contributed by atoms with Gasteiger partial charge in [-0.3, -0.25) is 4.72 Å². The molecular weight excluding hydrogens is 383 g/mol. The van der Waals surface area contributed by atoms with E-state index in [1.54, 1.807) is 18.2 Å². The molecule has 0 aliphatic carbocycles. The van der Waals surface area contributed by atoms with Gasteiger partial charge in [0.15, 0.2) is 11.6 Å². The third kappa shape index (κ3) is 4.05. The van der Waals surface area contributed by atoms with Gasteiger partial charge in [-0.25, -0.2) is 22.8 Å². The maximum atomic E-state index is 13.1. The van der Waals surface area contributed by atoms with Gasteiger partial charge in [-0.1, -0.05) is 12.1 Å². The molecule has 0 spiro atoms. The summed E-state index contributed by atoms with van der Waals surface area (Å²) in [5.41, 5.74) is 1.20.